The molecule has 4 heteroatoms. The molecular weight excluding hydrogens is 319 g/mol. The molecule has 18 heavy (non-hydrogen) atoms. The molecule has 0 aromatic heterocycles. The van der Waals surface area contributed by atoms with E-state index in [1.807, 2.05) is 24.3 Å². The quantitative estimate of drug-likeness (QED) is 0.726. The van der Waals surface area contributed by atoms with Gasteiger partial charge in [0.15, 0.2) is 0 Å². The van der Waals surface area contributed by atoms with Crippen molar-refractivity contribution in [3.8, 4) is 5.75 Å². The number of hydrogen-bond donors (Lipinski definition) is 0. The normalized spacial score (nSPS) is 12.2. The minimum absolute atomic E-state index is 0.370. The highest BCUT2D eigenvalue weighted by molar-refractivity contribution is 9.10. The lowest BCUT2D eigenvalue weighted by Crippen LogP contribution is -1.98. The summed E-state index contributed by atoms with van der Waals surface area (Å²) in [6, 6.07) is 12.2. The molecule has 1 unspecified atom stereocenters. The van der Waals surface area contributed by atoms with E-state index in [1.54, 1.807) is 12.1 Å². The third-order valence-electron chi connectivity index (χ3n) is 2.66. The van der Waals surface area contributed by atoms with E-state index in [9.17, 15) is 4.39 Å². The zero-order valence-electron chi connectivity index (χ0n) is 9.66. The average molecular weight is 330 g/mol. The summed E-state index contributed by atoms with van der Waals surface area (Å²) >= 11 is 9.74. The number of alkyl halides is 1. The van der Waals surface area contributed by atoms with E-state index in [0.717, 1.165) is 10.0 Å². The Morgan fingerprint density at radius 2 is 1.89 bits per heavy atom. The Morgan fingerprint density at radius 1 is 1.17 bits per heavy atom. The van der Waals surface area contributed by atoms with Gasteiger partial charge < -0.3 is 4.74 Å². The first-order valence-electron chi connectivity index (χ1n) is 5.35. The monoisotopic (exact) mass is 328 g/mol. The maximum Gasteiger partial charge on any atom is 0.131 e. The smallest absolute Gasteiger partial charge is 0.131 e. The van der Waals surface area contributed by atoms with Crippen molar-refractivity contribution in [2.75, 3.05) is 7.11 Å². The third kappa shape index (κ3) is 2.68. The van der Waals surface area contributed by atoms with Crippen molar-refractivity contribution in [2.45, 2.75) is 5.38 Å². The predicted molar refractivity (Wildman–Crippen MR) is 74.8 cm³/mol. The van der Waals surface area contributed by atoms with Crippen LogP contribution in [0.25, 0.3) is 0 Å². The van der Waals surface area contributed by atoms with Gasteiger partial charge >= 0.3 is 0 Å². The van der Waals surface area contributed by atoms with E-state index >= 15 is 0 Å². The van der Waals surface area contributed by atoms with Crippen molar-refractivity contribution in [3.05, 3.63) is 63.9 Å². The summed E-state index contributed by atoms with van der Waals surface area (Å²) in [5, 5.41) is -0.536. The fourth-order valence-electron chi connectivity index (χ4n) is 1.69. The summed E-state index contributed by atoms with van der Waals surface area (Å²) in [7, 11) is 1.50. The molecule has 0 aliphatic heterocycles. The van der Waals surface area contributed by atoms with Crippen LogP contribution >= 0.6 is 27.5 Å². The van der Waals surface area contributed by atoms with Crippen molar-refractivity contribution in [2.24, 2.45) is 0 Å². The zero-order chi connectivity index (χ0) is 13.1. The fourth-order valence-corrected chi connectivity index (χ4v) is 2.70. The minimum Gasteiger partial charge on any atom is -0.497 e. The molecule has 0 N–H and O–H groups in total. The Kier molecular flexibility index (Phi) is 4.25. The molecule has 0 saturated heterocycles. The first-order chi connectivity index (χ1) is 8.63. The van der Waals surface area contributed by atoms with Crippen molar-refractivity contribution < 1.29 is 9.13 Å². The van der Waals surface area contributed by atoms with E-state index < -0.39 is 5.38 Å². The van der Waals surface area contributed by atoms with Crippen LogP contribution in [0.5, 0.6) is 5.75 Å². The van der Waals surface area contributed by atoms with Crippen LogP contribution in [-0.4, -0.2) is 7.11 Å². The largest absolute Gasteiger partial charge is 0.497 e. The molecular formula is C14H11BrClFO. The summed E-state index contributed by atoms with van der Waals surface area (Å²) in [5.74, 6) is 0.109. The van der Waals surface area contributed by atoms with Crippen LogP contribution in [0.4, 0.5) is 4.39 Å². The molecule has 0 spiro atoms. The molecule has 0 aliphatic rings. The van der Waals surface area contributed by atoms with Crippen LogP contribution in [0.2, 0.25) is 0 Å². The van der Waals surface area contributed by atoms with Gasteiger partial charge in [-0.1, -0.05) is 40.2 Å². The molecule has 2 rings (SSSR count). The third-order valence-corrected chi connectivity index (χ3v) is 3.85. The maximum atomic E-state index is 13.9. The van der Waals surface area contributed by atoms with E-state index in [-0.39, 0.29) is 5.82 Å². The number of hydrogen-bond acceptors (Lipinski definition) is 1. The number of ether oxygens (including phenoxy) is 1. The Bertz CT molecular complexity index is 559. The van der Waals surface area contributed by atoms with Gasteiger partial charge in [0.2, 0.25) is 0 Å². The molecule has 0 fully saturated rings. The molecule has 2 aromatic carbocycles. The van der Waals surface area contributed by atoms with E-state index in [1.165, 1.54) is 13.2 Å². The van der Waals surface area contributed by atoms with Crippen LogP contribution in [0.3, 0.4) is 0 Å². The van der Waals surface area contributed by atoms with Gasteiger partial charge in [0, 0.05) is 16.1 Å². The number of halogens is 3. The summed E-state index contributed by atoms with van der Waals surface area (Å²) < 4.78 is 19.8. The first kappa shape index (κ1) is 13.4. The Balaban J connectivity index is 2.40. The van der Waals surface area contributed by atoms with Gasteiger partial charge in [0.25, 0.3) is 0 Å². The Labute approximate surface area is 119 Å². The highest BCUT2D eigenvalue weighted by Gasteiger charge is 2.17. The molecule has 1 atom stereocenters. The second-order valence-corrected chi connectivity index (χ2v) is 5.06. The van der Waals surface area contributed by atoms with E-state index in [4.69, 9.17) is 16.3 Å². The molecule has 0 radical (unpaired) electrons. The van der Waals surface area contributed by atoms with Gasteiger partial charge in [0.05, 0.1) is 12.5 Å². The summed E-state index contributed by atoms with van der Waals surface area (Å²) in [6.45, 7) is 0. The number of benzene rings is 2. The molecule has 0 heterocycles. The SMILES string of the molecule is COc1ccc(C(Cl)c2ccccc2Br)c(F)c1. The average Bonchev–Trinajstić information content (AvgIpc) is 2.38. The van der Waals surface area contributed by atoms with E-state index in [0.29, 0.717) is 11.3 Å². The van der Waals surface area contributed by atoms with Crippen LogP contribution in [0.1, 0.15) is 16.5 Å². The zero-order valence-corrected chi connectivity index (χ0v) is 12.0. The highest BCUT2D eigenvalue weighted by atomic mass is 79.9. The van der Waals surface area contributed by atoms with Crippen LogP contribution in [-0.2, 0) is 0 Å². The molecule has 2 aromatic rings. The number of methoxy groups -OCH3 is 1. The standard InChI is InChI=1S/C14H11BrClFO/c1-18-9-6-7-11(13(17)8-9)14(16)10-4-2-3-5-12(10)15/h2-8,14H,1H3. The van der Waals surface area contributed by atoms with Crippen LogP contribution < -0.4 is 4.74 Å². The van der Waals surface area contributed by atoms with Gasteiger partial charge in [-0.2, -0.15) is 0 Å². The maximum absolute atomic E-state index is 13.9. The van der Waals surface area contributed by atoms with Crippen molar-refractivity contribution in [3.63, 3.8) is 0 Å². The first-order valence-corrected chi connectivity index (χ1v) is 6.58. The fraction of sp³-hybridized carbons (Fsp3) is 0.143. The predicted octanol–water partition coefficient (Wildman–Crippen LogP) is 4.93. The lowest BCUT2D eigenvalue weighted by Gasteiger charge is -2.13. The van der Waals surface area contributed by atoms with E-state index in [2.05, 4.69) is 15.9 Å². The van der Waals surface area contributed by atoms with Crippen molar-refractivity contribution in [1.29, 1.82) is 0 Å². The second kappa shape index (κ2) is 5.72. The molecule has 1 nitrogen and oxygen atoms in total. The van der Waals surface area contributed by atoms with Crippen LogP contribution in [0.15, 0.2) is 46.9 Å². The lowest BCUT2D eigenvalue weighted by molar-refractivity contribution is 0.410. The number of rotatable bonds is 3. The Morgan fingerprint density at radius 3 is 2.50 bits per heavy atom. The van der Waals surface area contributed by atoms with Crippen LogP contribution in [0, 0.1) is 5.82 Å². The van der Waals surface area contributed by atoms with Gasteiger partial charge in [-0.3, -0.25) is 0 Å². The van der Waals surface area contributed by atoms with Gasteiger partial charge in [0.1, 0.15) is 11.6 Å². The van der Waals surface area contributed by atoms with Gasteiger partial charge in [-0.25, -0.2) is 4.39 Å². The minimum atomic E-state index is -0.536. The highest BCUT2D eigenvalue weighted by Crippen LogP contribution is 2.35. The molecule has 0 aliphatic carbocycles. The lowest BCUT2D eigenvalue weighted by atomic mass is 10.0. The van der Waals surface area contributed by atoms with Gasteiger partial charge in [-0.05, 0) is 17.7 Å². The molecule has 0 amide bonds. The topological polar surface area (TPSA) is 9.23 Å². The molecule has 0 bridgehead atoms. The summed E-state index contributed by atoms with van der Waals surface area (Å²) in [4.78, 5) is 0. The summed E-state index contributed by atoms with van der Waals surface area (Å²) in [6.07, 6.45) is 0. The van der Waals surface area contributed by atoms with Crippen molar-refractivity contribution in [1.82, 2.24) is 0 Å². The Hall–Kier alpha value is -1.06. The second-order valence-electron chi connectivity index (χ2n) is 3.77. The summed E-state index contributed by atoms with van der Waals surface area (Å²) in [5.41, 5.74) is 1.27. The van der Waals surface area contributed by atoms with Crippen molar-refractivity contribution >= 4 is 27.5 Å². The molecule has 94 valence electrons. The molecule has 0 saturated carbocycles. The van der Waals surface area contributed by atoms with Gasteiger partial charge in [-0.15, -0.1) is 11.6 Å².